The molecule has 0 aliphatic rings. The van der Waals surface area contributed by atoms with E-state index in [9.17, 15) is 14.4 Å². The summed E-state index contributed by atoms with van der Waals surface area (Å²) in [5.41, 5.74) is 5.73. The number of urea groups is 1. The molecule has 4 N–H and O–H groups in total. The van der Waals surface area contributed by atoms with Crippen LogP contribution in [0.25, 0.3) is 0 Å². The van der Waals surface area contributed by atoms with Crippen LogP contribution >= 0.6 is 0 Å². The zero-order valence-corrected chi connectivity index (χ0v) is 11.1. The van der Waals surface area contributed by atoms with Crippen molar-refractivity contribution >= 4 is 23.3 Å². The van der Waals surface area contributed by atoms with Gasteiger partial charge in [-0.25, -0.2) is 4.79 Å². The molecular formula is C14H14N4O3. The van der Waals surface area contributed by atoms with Crippen LogP contribution in [0.15, 0.2) is 53.5 Å². The predicted molar refractivity (Wildman–Crippen MR) is 79.0 cm³/mol. The van der Waals surface area contributed by atoms with Crippen LogP contribution in [-0.2, 0) is 11.3 Å². The lowest BCUT2D eigenvalue weighted by molar-refractivity contribution is -0.116. The fraction of sp³-hybridized carbons (Fsp3) is 0.0714. The van der Waals surface area contributed by atoms with Gasteiger partial charge in [0.1, 0.15) is 6.54 Å². The Morgan fingerprint density at radius 1 is 1.05 bits per heavy atom. The Balaban J connectivity index is 2.04. The van der Waals surface area contributed by atoms with Crippen molar-refractivity contribution in [3.05, 3.63) is 59.0 Å². The minimum Gasteiger partial charge on any atom is -0.351 e. The highest BCUT2D eigenvalue weighted by molar-refractivity contribution is 5.92. The normalized spacial score (nSPS) is 9.90. The molecule has 0 saturated heterocycles. The molecule has 1 heterocycles. The summed E-state index contributed by atoms with van der Waals surface area (Å²) in [6.45, 7) is -0.0901. The maximum atomic E-state index is 11.9. The Labute approximate surface area is 120 Å². The molecule has 0 saturated carbocycles. The molecule has 21 heavy (non-hydrogen) atoms. The van der Waals surface area contributed by atoms with E-state index in [1.165, 1.54) is 16.8 Å². The molecule has 0 atom stereocenters. The first kappa shape index (κ1) is 14.3. The minimum atomic E-state index is -0.686. The number of carbonyl (C=O) groups excluding carboxylic acids is 2. The lowest BCUT2D eigenvalue weighted by Gasteiger charge is -2.08. The van der Waals surface area contributed by atoms with E-state index >= 15 is 0 Å². The molecule has 0 radical (unpaired) electrons. The van der Waals surface area contributed by atoms with Gasteiger partial charge in [-0.3, -0.25) is 9.59 Å². The summed E-state index contributed by atoms with van der Waals surface area (Å²) in [6.07, 6.45) is 1.53. The van der Waals surface area contributed by atoms with Crippen LogP contribution in [0.3, 0.4) is 0 Å². The Bertz CT molecular complexity index is 724. The van der Waals surface area contributed by atoms with Crippen LogP contribution in [0.1, 0.15) is 0 Å². The predicted octanol–water partition coefficient (Wildman–Crippen LogP) is 0.978. The van der Waals surface area contributed by atoms with Gasteiger partial charge >= 0.3 is 6.03 Å². The van der Waals surface area contributed by atoms with Crippen molar-refractivity contribution in [2.45, 2.75) is 6.54 Å². The number of carbonyl (C=O) groups is 2. The summed E-state index contributed by atoms with van der Waals surface area (Å²) in [7, 11) is 0. The van der Waals surface area contributed by atoms with Gasteiger partial charge in [0.15, 0.2) is 0 Å². The standard InChI is InChI=1S/C14H14N4O3/c15-14(21)17-11-5-3-4-10(8-11)16-12(19)9-18-7-2-1-6-13(18)20/h1-8H,9H2,(H,16,19)(H3,15,17,21). The number of benzene rings is 1. The Morgan fingerprint density at radius 2 is 1.76 bits per heavy atom. The van der Waals surface area contributed by atoms with Crippen molar-refractivity contribution in [3.8, 4) is 0 Å². The largest absolute Gasteiger partial charge is 0.351 e. The van der Waals surface area contributed by atoms with Crippen LogP contribution in [-0.4, -0.2) is 16.5 Å². The lowest BCUT2D eigenvalue weighted by Crippen LogP contribution is -2.26. The van der Waals surface area contributed by atoms with Crippen molar-refractivity contribution in [3.63, 3.8) is 0 Å². The van der Waals surface area contributed by atoms with Crippen LogP contribution in [0.5, 0.6) is 0 Å². The zero-order valence-electron chi connectivity index (χ0n) is 11.1. The smallest absolute Gasteiger partial charge is 0.316 e. The van der Waals surface area contributed by atoms with Gasteiger partial charge in [0.25, 0.3) is 5.56 Å². The number of aromatic nitrogens is 1. The number of anilines is 2. The molecule has 0 fully saturated rings. The molecule has 0 aliphatic heterocycles. The van der Waals surface area contributed by atoms with Crippen molar-refractivity contribution in [1.29, 1.82) is 0 Å². The van der Waals surface area contributed by atoms with Gasteiger partial charge in [-0.1, -0.05) is 12.1 Å². The molecular weight excluding hydrogens is 272 g/mol. The number of pyridine rings is 1. The SMILES string of the molecule is NC(=O)Nc1cccc(NC(=O)Cn2ccccc2=O)c1. The first-order valence-corrected chi connectivity index (χ1v) is 6.16. The van der Waals surface area contributed by atoms with Gasteiger partial charge in [0, 0.05) is 23.6 Å². The average Bonchev–Trinajstić information content (AvgIpc) is 2.41. The Morgan fingerprint density at radius 3 is 2.43 bits per heavy atom. The molecule has 2 aromatic rings. The monoisotopic (exact) mass is 286 g/mol. The molecule has 1 aromatic carbocycles. The summed E-state index contributed by atoms with van der Waals surface area (Å²) in [4.78, 5) is 34.2. The van der Waals surface area contributed by atoms with E-state index in [0.29, 0.717) is 11.4 Å². The number of nitrogens with one attached hydrogen (secondary N) is 2. The van der Waals surface area contributed by atoms with Gasteiger partial charge < -0.3 is 20.9 Å². The van der Waals surface area contributed by atoms with E-state index in [1.807, 2.05) is 0 Å². The third kappa shape index (κ3) is 4.20. The second-order valence-electron chi connectivity index (χ2n) is 4.29. The van der Waals surface area contributed by atoms with Crippen LogP contribution in [0.4, 0.5) is 16.2 Å². The van der Waals surface area contributed by atoms with E-state index in [1.54, 1.807) is 36.4 Å². The second kappa shape index (κ2) is 6.38. The van der Waals surface area contributed by atoms with Crippen LogP contribution in [0.2, 0.25) is 0 Å². The summed E-state index contributed by atoms with van der Waals surface area (Å²) < 4.78 is 1.29. The first-order valence-electron chi connectivity index (χ1n) is 6.16. The van der Waals surface area contributed by atoms with E-state index in [4.69, 9.17) is 5.73 Å². The number of amides is 3. The van der Waals surface area contributed by atoms with Gasteiger partial charge in [-0.15, -0.1) is 0 Å². The molecule has 0 bridgehead atoms. The lowest BCUT2D eigenvalue weighted by atomic mass is 10.2. The van der Waals surface area contributed by atoms with Crippen LogP contribution < -0.4 is 21.9 Å². The van der Waals surface area contributed by atoms with E-state index in [2.05, 4.69) is 10.6 Å². The van der Waals surface area contributed by atoms with Crippen molar-refractivity contribution in [1.82, 2.24) is 4.57 Å². The number of hydrogen-bond acceptors (Lipinski definition) is 3. The molecule has 3 amide bonds. The molecule has 108 valence electrons. The fourth-order valence-corrected chi connectivity index (χ4v) is 1.76. The molecule has 0 aliphatic carbocycles. The molecule has 2 rings (SSSR count). The number of nitrogens with zero attached hydrogens (tertiary/aromatic N) is 1. The third-order valence-electron chi connectivity index (χ3n) is 2.63. The number of primary amides is 1. The van der Waals surface area contributed by atoms with Crippen molar-refractivity contribution in [2.75, 3.05) is 10.6 Å². The molecule has 0 spiro atoms. The first-order chi connectivity index (χ1) is 10.0. The fourth-order valence-electron chi connectivity index (χ4n) is 1.76. The summed E-state index contributed by atoms with van der Waals surface area (Å²) in [5, 5.41) is 5.05. The average molecular weight is 286 g/mol. The maximum absolute atomic E-state index is 11.9. The molecule has 1 aromatic heterocycles. The summed E-state index contributed by atoms with van der Waals surface area (Å²) in [5.74, 6) is -0.348. The second-order valence-corrected chi connectivity index (χ2v) is 4.29. The molecule has 0 unspecified atom stereocenters. The molecule has 7 heteroatoms. The van der Waals surface area contributed by atoms with Gasteiger partial charge in [-0.2, -0.15) is 0 Å². The highest BCUT2D eigenvalue weighted by Crippen LogP contribution is 2.14. The quantitative estimate of drug-likeness (QED) is 0.779. The maximum Gasteiger partial charge on any atom is 0.316 e. The molecule has 7 nitrogen and oxygen atoms in total. The number of rotatable bonds is 4. The zero-order chi connectivity index (χ0) is 15.2. The highest BCUT2D eigenvalue weighted by Gasteiger charge is 2.05. The number of nitrogens with two attached hydrogens (primary N) is 1. The van der Waals surface area contributed by atoms with Gasteiger partial charge in [0.2, 0.25) is 5.91 Å². The van der Waals surface area contributed by atoms with Crippen LogP contribution in [0, 0.1) is 0 Å². The van der Waals surface area contributed by atoms with E-state index < -0.39 is 6.03 Å². The topological polar surface area (TPSA) is 106 Å². The van der Waals surface area contributed by atoms with Crippen molar-refractivity contribution < 1.29 is 9.59 Å². The third-order valence-corrected chi connectivity index (χ3v) is 2.63. The van der Waals surface area contributed by atoms with Gasteiger partial charge in [0.05, 0.1) is 0 Å². The number of hydrogen-bond donors (Lipinski definition) is 3. The summed E-state index contributed by atoms with van der Waals surface area (Å²) in [6, 6.07) is 10.5. The minimum absolute atomic E-state index is 0.0901. The van der Waals surface area contributed by atoms with Gasteiger partial charge in [-0.05, 0) is 24.3 Å². The Kier molecular flexibility index (Phi) is 4.35. The van der Waals surface area contributed by atoms with E-state index in [-0.39, 0.29) is 18.0 Å². The van der Waals surface area contributed by atoms with E-state index in [0.717, 1.165) is 0 Å². The summed E-state index contributed by atoms with van der Waals surface area (Å²) >= 11 is 0. The van der Waals surface area contributed by atoms with Crippen molar-refractivity contribution in [2.24, 2.45) is 5.73 Å². The highest BCUT2D eigenvalue weighted by atomic mass is 16.2. The Hall–Kier alpha value is -3.09.